The molecule has 1 saturated heterocycles. The first-order chi connectivity index (χ1) is 9.09. The van der Waals surface area contributed by atoms with E-state index >= 15 is 0 Å². The molecule has 19 heavy (non-hydrogen) atoms. The van der Waals surface area contributed by atoms with Crippen molar-refractivity contribution in [1.82, 2.24) is 10.3 Å². The number of nitrogens with one attached hydrogen (secondary N) is 1. The van der Waals surface area contributed by atoms with Gasteiger partial charge in [0.25, 0.3) is 0 Å². The zero-order valence-electron chi connectivity index (χ0n) is 12.0. The number of hydrogen-bond acceptors (Lipinski definition) is 3. The van der Waals surface area contributed by atoms with Crippen molar-refractivity contribution in [2.45, 2.75) is 32.6 Å². The molecule has 1 N–H and O–H groups in total. The van der Waals surface area contributed by atoms with Crippen LogP contribution in [0.15, 0.2) is 18.3 Å². The van der Waals surface area contributed by atoms with Gasteiger partial charge in [-0.3, -0.25) is 9.78 Å². The molecule has 1 fully saturated rings. The molecule has 1 aromatic heterocycles. The Labute approximate surface area is 115 Å². The van der Waals surface area contributed by atoms with E-state index in [1.807, 2.05) is 19.2 Å². The first kappa shape index (κ1) is 14.0. The number of carbonyl (C=O) groups is 1. The van der Waals surface area contributed by atoms with E-state index < -0.39 is 0 Å². The third kappa shape index (κ3) is 3.32. The van der Waals surface area contributed by atoms with E-state index in [0.29, 0.717) is 5.92 Å². The van der Waals surface area contributed by atoms with Crippen LogP contribution in [0.4, 0.5) is 5.69 Å². The third-order valence-corrected chi connectivity index (χ3v) is 3.77. The summed E-state index contributed by atoms with van der Waals surface area (Å²) in [5, 5.41) is 3.29. The zero-order chi connectivity index (χ0) is 13.8. The van der Waals surface area contributed by atoms with Crippen LogP contribution in [0.3, 0.4) is 0 Å². The van der Waals surface area contributed by atoms with Crippen LogP contribution in [0.25, 0.3) is 0 Å². The molecule has 104 valence electrons. The van der Waals surface area contributed by atoms with Gasteiger partial charge >= 0.3 is 0 Å². The van der Waals surface area contributed by atoms with Gasteiger partial charge in [0.15, 0.2) is 0 Å². The molecule has 0 aliphatic carbocycles. The second-order valence-electron chi connectivity index (χ2n) is 5.52. The molecule has 0 saturated carbocycles. The first-order valence-electron chi connectivity index (χ1n) is 7.04. The Morgan fingerprint density at radius 2 is 2.05 bits per heavy atom. The van der Waals surface area contributed by atoms with Gasteiger partial charge in [0.1, 0.15) is 0 Å². The zero-order valence-corrected chi connectivity index (χ0v) is 12.0. The summed E-state index contributed by atoms with van der Waals surface area (Å²) in [6.07, 6.45) is 3.66. The van der Waals surface area contributed by atoms with E-state index in [9.17, 15) is 4.79 Å². The van der Waals surface area contributed by atoms with E-state index in [4.69, 9.17) is 0 Å². The SMILES string of the molecule is CC(C)c1ccc(N(C)C(=O)C2CCNCC2)cn1. The van der Waals surface area contributed by atoms with Crippen molar-refractivity contribution in [3.63, 3.8) is 0 Å². The molecule has 0 unspecified atom stereocenters. The van der Waals surface area contributed by atoms with Gasteiger partial charge < -0.3 is 10.2 Å². The summed E-state index contributed by atoms with van der Waals surface area (Å²) >= 11 is 0. The molecule has 4 heteroatoms. The van der Waals surface area contributed by atoms with Crippen LogP contribution in [0, 0.1) is 5.92 Å². The van der Waals surface area contributed by atoms with E-state index in [1.165, 1.54) is 0 Å². The summed E-state index contributed by atoms with van der Waals surface area (Å²) in [6, 6.07) is 3.99. The number of hydrogen-bond donors (Lipinski definition) is 1. The second kappa shape index (κ2) is 6.15. The lowest BCUT2D eigenvalue weighted by atomic mass is 9.96. The van der Waals surface area contributed by atoms with Crippen LogP contribution in [-0.4, -0.2) is 31.0 Å². The van der Waals surface area contributed by atoms with Gasteiger partial charge in [-0.15, -0.1) is 0 Å². The number of piperidine rings is 1. The molecular formula is C15H23N3O. The quantitative estimate of drug-likeness (QED) is 0.907. The van der Waals surface area contributed by atoms with Gasteiger partial charge in [0, 0.05) is 18.7 Å². The molecule has 1 aliphatic rings. The normalized spacial score (nSPS) is 16.6. The van der Waals surface area contributed by atoms with E-state index in [2.05, 4.69) is 24.1 Å². The molecule has 4 nitrogen and oxygen atoms in total. The van der Waals surface area contributed by atoms with Gasteiger partial charge in [-0.2, -0.15) is 0 Å². The number of anilines is 1. The number of amides is 1. The fraction of sp³-hybridized carbons (Fsp3) is 0.600. The number of rotatable bonds is 3. The summed E-state index contributed by atoms with van der Waals surface area (Å²) in [5.41, 5.74) is 1.94. The fourth-order valence-electron chi connectivity index (χ4n) is 2.41. The van der Waals surface area contributed by atoms with E-state index in [0.717, 1.165) is 37.3 Å². The molecule has 1 aliphatic heterocycles. The molecule has 0 bridgehead atoms. The Balaban J connectivity index is 2.05. The first-order valence-corrected chi connectivity index (χ1v) is 7.04. The molecule has 0 spiro atoms. The van der Waals surface area contributed by atoms with Gasteiger partial charge in [0.05, 0.1) is 11.9 Å². The van der Waals surface area contributed by atoms with Gasteiger partial charge in [-0.1, -0.05) is 13.8 Å². The number of pyridine rings is 1. The van der Waals surface area contributed by atoms with Crippen LogP contribution < -0.4 is 10.2 Å². The minimum atomic E-state index is 0.149. The summed E-state index contributed by atoms with van der Waals surface area (Å²) in [4.78, 5) is 18.6. The van der Waals surface area contributed by atoms with Crippen LogP contribution in [0.1, 0.15) is 38.3 Å². The molecule has 2 heterocycles. The standard InChI is InChI=1S/C15H23N3O/c1-11(2)14-5-4-13(10-17-14)18(3)15(19)12-6-8-16-9-7-12/h4-5,10-12,16H,6-9H2,1-3H3. The highest BCUT2D eigenvalue weighted by molar-refractivity contribution is 5.94. The largest absolute Gasteiger partial charge is 0.317 e. The van der Waals surface area contributed by atoms with Crippen molar-refractivity contribution >= 4 is 11.6 Å². The second-order valence-corrected chi connectivity index (χ2v) is 5.52. The topological polar surface area (TPSA) is 45.2 Å². The minimum Gasteiger partial charge on any atom is -0.317 e. The maximum absolute atomic E-state index is 12.4. The average molecular weight is 261 g/mol. The summed E-state index contributed by atoms with van der Waals surface area (Å²) in [5.74, 6) is 0.774. The number of nitrogens with zero attached hydrogens (tertiary/aromatic N) is 2. The lowest BCUT2D eigenvalue weighted by Gasteiger charge is -2.27. The Hall–Kier alpha value is -1.42. The van der Waals surface area contributed by atoms with Crippen molar-refractivity contribution in [3.8, 4) is 0 Å². The van der Waals surface area contributed by atoms with Crippen molar-refractivity contribution in [2.75, 3.05) is 25.0 Å². The number of carbonyl (C=O) groups excluding carboxylic acids is 1. The maximum atomic E-state index is 12.4. The van der Waals surface area contributed by atoms with Crippen molar-refractivity contribution in [3.05, 3.63) is 24.0 Å². The predicted octanol–water partition coefficient (Wildman–Crippen LogP) is 2.17. The van der Waals surface area contributed by atoms with Crippen LogP contribution in [-0.2, 0) is 4.79 Å². The lowest BCUT2D eigenvalue weighted by Crippen LogP contribution is -2.39. The minimum absolute atomic E-state index is 0.149. The van der Waals surface area contributed by atoms with Crippen molar-refractivity contribution in [2.24, 2.45) is 5.92 Å². The molecule has 0 radical (unpaired) electrons. The van der Waals surface area contributed by atoms with Crippen molar-refractivity contribution in [1.29, 1.82) is 0 Å². The Morgan fingerprint density at radius 3 is 2.58 bits per heavy atom. The Kier molecular flexibility index (Phi) is 4.53. The maximum Gasteiger partial charge on any atom is 0.229 e. The molecule has 2 rings (SSSR count). The van der Waals surface area contributed by atoms with Gasteiger partial charge in [-0.25, -0.2) is 0 Å². The predicted molar refractivity (Wildman–Crippen MR) is 77.3 cm³/mol. The smallest absolute Gasteiger partial charge is 0.229 e. The summed E-state index contributed by atoms with van der Waals surface area (Å²) in [6.45, 7) is 6.11. The Morgan fingerprint density at radius 1 is 1.37 bits per heavy atom. The highest BCUT2D eigenvalue weighted by Gasteiger charge is 2.24. The van der Waals surface area contributed by atoms with Crippen molar-refractivity contribution < 1.29 is 4.79 Å². The fourth-order valence-corrected chi connectivity index (χ4v) is 2.41. The highest BCUT2D eigenvalue weighted by Crippen LogP contribution is 2.21. The van der Waals surface area contributed by atoms with E-state index in [1.54, 1.807) is 11.1 Å². The Bertz CT molecular complexity index is 422. The summed E-state index contributed by atoms with van der Waals surface area (Å²) in [7, 11) is 1.84. The molecule has 0 aromatic carbocycles. The molecular weight excluding hydrogens is 238 g/mol. The average Bonchev–Trinajstić information content (AvgIpc) is 2.46. The lowest BCUT2D eigenvalue weighted by molar-refractivity contribution is -0.122. The highest BCUT2D eigenvalue weighted by atomic mass is 16.2. The van der Waals surface area contributed by atoms with Gasteiger partial charge in [0.2, 0.25) is 5.91 Å². The van der Waals surface area contributed by atoms with E-state index in [-0.39, 0.29) is 11.8 Å². The van der Waals surface area contributed by atoms with Crippen LogP contribution >= 0.6 is 0 Å². The molecule has 0 atom stereocenters. The molecule has 1 amide bonds. The monoisotopic (exact) mass is 261 g/mol. The van der Waals surface area contributed by atoms with Crippen LogP contribution in [0.2, 0.25) is 0 Å². The number of aromatic nitrogens is 1. The molecule has 1 aromatic rings. The van der Waals surface area contributed by atoms with Crippen LogP contribution in [0.5, 0.6) is 0 Å². The van der Waals surface area contributed by atoms with Gasteiger partial charge in [-0.05, 0) is 44.0 Å². The third-order valence-electron chi connectivity index (χ3n) is 3.77. The summed E-state index contributed by atoms with van der Waals surface area (Å²) < 4.78 is 0.